The van der Waals surface area contributed by atoms with Crippen LogP contribution in [0.3, 0.4) is 0 Å². The van der Waals surface area contributed by atoms with E-state index in [0.717, 1.165) is 18.8 Å². The van der Waals surface area contributed by atoms with Crippen molar-refractivity contribution in [3.8, 4) is 5.75 Å². The summed E-state index contributed by atoms with van der Waals surface area (Å²) in [5.74, 6) is 0.963. The molecular formula is C24H30O. The lowest BCUT2D eigenvalue weighted by Crippen LogP contribution is -1.97. The van der Waals surface area contributed by atoms with Crippen LogP contribution in [0, 0.1) is 0 Å². The summed E-state index contributed by atoms with van der Waals surface area (Å²) in [4.78, 5) is 0. The number of benzene rings is 2. The molecule has 0 aliphatic heterocycles. The molecule has 0 aliphatic rings. The van der Waals surface area contributed by atoms with Gasteiger partial charge in [-0.05, 0) is 29.7 Å². The van der Waals surface area contributed by atoms with Gasteiger partial charge in [-0.1, -0.05) is 106 Å². The fraction of sp³-hybridized carbons (Fsp3) is 0.333. The fourth-order valence-electron chi connectivity index (χ4n) is 2.65. The van der Waals surface area contributed by atoms with Gasteiger partial charge < -0.3 is 4.74 Å². The van der Waals surface area contributed by atoms with Crippen LogP contribution in [-0.2, 0) is 0 Å². The molecule has 0 aliphatic carbocycles. The fourth-order valence-corrected chi connectivity index (χ4v) is 2.65. The van der Waals surface area contributed by atoms with E-state index in [1.165, 1.54) is 43.2 Å². The third kappa shape index (κ3) is 8.39. The summed E-state index contributed by atoms with van der Waals surface area (Å²) in [6.45, 7) is 3.07. The zero-order chi connectivity index (χ0) is 17.6. The molecule has 0 atom stereocenters. The average molecular weight is 335 g/mol. The summed E-state index contributed by atoms with van der Waals surface area (Å²) in [7, 11) is 0. The maximum Gasteiger partial charge on any atom is 0.119 e. The molecule has 0 N–H and O–H groups in total. The van der Waals surface area contributed by atoms with Gasteiger partial charge in [0.1, 0.15) is 5.75 Å². The van der Waals surface area contributed by atoms with Crippen molar-refractivity contribution in [1.29, 1.82) is 0 Å². The Labute approximate surface area is 153 Å². The van der Waals surface area contributed by atoms with Gasteiger partial charge >= 0.3 is 0 Å². The highest BCUT2D eigenvalue weighted by molar-refractivity contribution is 5.57. The Morgan fingerprint density at radius 2 is 1.28 bits per heavy atom. The van der Waals surface area contributed by atoms with Crippen molar-refractivity contribution in [2.24, 2.45) is 0 Å². The van der Waals surface area contributed by atoms with Gasteiger partial charge in [0.2, 0.25) is 0 Å². The normalized spacial score (nSPS) is 11.4. The van der Waals surface area contributed by atoms with Gasteiger partial charge in [0.25, 0.3) is 0 Å². The lowest BCUT2D eigenvalue weighted by atomic mass is 10.1. The number of unbranched alkanes of at least 4 members (excludes halogenated alkanes) is 5. The van der Waals surface area contributed by atoms with E-state index in [9.17, 15) is 0 Å². The lowest BCUT2D eigenvalue weighted by molar-refractivity contribution is 0.304. The standard InChI is InChI=1S/C24H30O/c1-2-3-4-5-6-12-21-25-24-19-17-23(18-20-24)16-11-10-15-22-13-8-7-9-14-22/h7-11,13-20H,2-6,12,21H2,1H3/b15-10+,16-11+. The van der Waals surface area contributed by atoms with Crippen LogP contribution in [-0.4, -0.2) is 6.61 Å². The van der Waals surface area contributed by atoms with Crippen LogP contribution in [0.15, 0.2) is 66.7 Å². The van der Waals surface area contributed by atoms with Crippen LogP contribution in [0.1, 0.15) is 56.6 Å². The Bertz CT molecular complexity index is 623. The molecule has 0 amide bonds. The van der Waals surface area contributed by atoms with Gasteiger partial charge in [-0.2, -0.15) is 0 Å². The molecule has 0 spiro atoms. The summed E-state index contributed by atoms with van der Waals surface area (Å²) >= 11 is 0. The van der Waals surface area contributed by atoms with E-state index >= 15 is 0 Å². The zero-order valence-corrected chi connectivity index (χ0v) is 15.4. The molecule has 0 bridgehead atoms. The van der Waals surface area contributed by atoms with Crippen molar-refractivity contribution in [3.63, 3.8) is 0 Å². The van der Waals surface area contributed by atoms with Gasteiger partial charge in [-0.15, -0.1) is 0 Å². The Morgan fingerprint density at radius 1 is 0.680 bits per heavy atom. The van der Waals surface area contributed by atoms with E-state index < -0.39 is 0 Å². The third-order valence-electron chi connectivity index (χ3n) is 4.13. The first-order valence-electron chi connectivity index (χ1n) is 9.51. The summed E-state index contributed by atoms with van der Waals surface area (Å²) in [5, 5.41) is 0. The monoisotopic (exact) mass is 334 g/mol. The highest BCUT2D eigenvalue weighted by Gasteiger charge is 1.94. The molecule has 0 heterocycles. The first kappa shape index (κ1) is 19.1. The molecule has 0 saturated carbocycles. The molecule has 0 aromatic heterocycles. The molecule has 132 valence electrons. The first-order valence-corrected chi connectivity index (χ1v) is 9.51. The van der Waals surface area contributed by atoms with E-state index in [-0.39, 0.29) is 0 Å². The van der Waals surface area contributed by atoms with Crippen LogP contribution >= 0.6 is 0 Å². The Morgan fingerprint density at radius 3 is 1.96 bits per heavy atom. The molecule has 0 radical (unpaired) electrons. The van der Waals surface area contributed by atoms with Crippen molar-refractivity contribution in [2.75, 3.05) is 6.61 Å². The average Bonchev–Trinajstić information content (AvgIpc) is 2.66. The zero-order valence-electron chi connectivity index (χ0n) is 15.4. The molecule has 1 heteroatoms. The minimum absolute atomic E-state index is 0.821. The van der Waals surface area contributed by atoms with E-state index in [0.29, 0.717) is 0 Å². The van der Waals surface area contributed by atoms with E-state index in [2.05, 4.69) is 67.6 Å². The molecule has 0 unspecified atom stereocenters. The quantitative estimate of drug-likeness (QED) is 0.313. The van der Waals surface area contributed by atoms with Crippen molar-refractivity contribution in [1.82, 2.24) is 0 Å². The van der Waals surface area contributed by atoms with Crippen LogP contribution < -0.4 is 4.74 Å². The maximum atomic E-state index is 5.81. The first-order chi connectivity index (χ1) is 12.4. The SMILES string of the molecule is CCCCCCCCOc1ccc(/C=C/C=C/c2ccccc2)cc1. The molecule has 0 saturated heterocycles. The molecule has 0 fully saturated rings. The largest absolute Gasteiger partial charge is 0.494 e. The van der Waals surface area contributed by atoms with Gasteiger partial charge in [0.05, 0.1) is 6.61 Å². The maximum absolute atomic E-state index is 5.81. The van der Waals surface area contributed by atoms with Gasteiger partial charge in [-0.3, -0.25) is 0 Å². The summed E-state index contributed by atoms with van der Waals surface area (Å²) < 4.78 is 5.81. The van der Waals surface area contributed by atoms with Crippen LogP contribution in [0.4, 0.5) is 0 Å². The lowest BCUT2D eigenvalue weighted by Gasteiger charge is -2.06. The van der Waals surface area contributed by atoms with Crippen molar-refractivity contribution >= 4 is 12.2 Å². The highest BCUT2D eigenvalue weighted by Crippen LogP contribution is 2.14. The summed E-state index contributed by atoms with van der Waals surface area (Å²) in [6.07, 6.45) is 16.1. The van der Waals surface area contributed by atoms with Crippen molar-refractivity contribution in [3.05, 3.63) is 77.9 Å². The van der Waals surface area contributed by atoms with Crippen LogP contribution in [0.2, 0.25) is 0 Å². The molecule has 1 nitrogen and oxygen atoms in total. The second kappa shape index (κ2) is 12.1. The molecule has 2 aromatic rings. The Balaban J connectivity index is 1.67. The predicted molar refractivity (Wildman–Crippen MR) is 110 cm³/mol. The van der Waals surface area contributed by atoms with Crippen LogP contribution in [0.5, 0.6) is 5.75 Å². The summed E-state index contributed by atoms with van der Waals surface area (Å²) in [5.41, 5.74) is 2.40. The van der Waals surface area contributed by atoms with E-state index in [1.807, 2.05) is 18.2 Å². The number of ether oxygens (including phenoxy) is 1. The van der Waals surface area contributed by atoms with Gasteiger partial charge in [0, 0.05) is 0 Å². The van der Waals surface area contributed by atoms with Gasteiger partial charge in [0.15, 0.2) is 0 Å². The van der Waals surface area contributed by atoms with Crippen LogP contribution in [0.25, 0.3) is 12.2 Å². The molecular weight excluding hydrogens is 304 g/mol. The molecule has 2 rings (SSSR count). The third-order valence-corrected chi connectivity index (χ3v) is 4.13. The number of hydrogen-bond donors (Lipinski definition) is 0. The minimum Gasteiger partial charge on any atom is -0.494 e. The Kier molecular flexibility index (Phi) is 9.25. The second-order valence-electron chi connectivity index (χ2n) is 6.31. The summed E-state index contributed by atoms with van der Waals surface area (Å²) in [6, 6.07) is 18.6. The Hall–Kier alpha value is -2.28. The predicted octanol–water partition coefficient (Wildman–Crippen LogP) is 7.15. The number of hydrogen-bond acceptors (Lipinski definition) is 1. The van der Waals surface area contributed by atoms with E-state index in [4.69, 9.17) is 4.74 Å². The second-order valence-corrected chi connectivity index (χ2v) is 6.31. The van der Waals surface area contributed by atoms with Crippen molar-refractivity contribution in [2.45, 2.75) is 45.4 Å². The number of rotatable bonds is 11. The topological polar surface area (TPSA) is 9.23 Å². The number of allylic oxidation sites excluding steroid dienone is 2. The smallest absolute Gasteiger partial charge is 0.119 e. The minimum atomic E-state index is 0.821. The van der Waals surface area contributed by atoms with E-state index in [1.54, 1.807) is 0 Å². The van der Waals surface area contributed by atoms with Gasteiger partial charge in [-0.25, -0.2) is 0 Å². The molecule has 2 aromatic carbocycles. The molecule has 25 heavy (non-hydrogen) atoms. The highest BCUT2D eigenvalue weighted by atomic mass is 16.5. The van der Waals surface area contributed by atoms with Crippen molar-refractivity contribution < 1.29 is 4.74 Å².